The van der Waals surface area contributed by atoms with Crippen LogP contribution in [0.25, 0.3) is 0 Å². The van der Waals surface area contributed by atoms with E-state index in [-0.39, 0.29) is 5.91 Å². The Kier molecular flexibility index (Phi) is 15.3. The molecule has 0 saturated heterocycles. The average molecular weight is 420 g/mol. The van der Waals surface area contributed by atoms with Crippen LogP contribution in [0, 0.1) is 0 Å². The number of aromatic nitrogens is 2. The molecule has 1 aromatic heterocycles. The van der Waals surface area contributed by atoms with E-state index in [1.165, 1.54) is 91.2 Å². The molecule has 0 fully saturated rings. The number of carbonyl (C=O) groups excluding carboxylic acids is 1. The van der Waals surface area contributed by atoms with E-state index in [1.807, 2.05) is 0 Å². The summed E-state index contributed by atoms with van der Waals surface area (Å²) in [6.07, 6.45) is 22.6. The molecule has 6 nitrogen and oxygen atoms in total. The Morgan fingerprint density at radius 2 is 1.33 bits per heavy atom. The van der Waals surface area contributed by atoms with Crippen LogP contribution in [-0.2, 0) is 4.79 Å². The van der Waals surface area contributed by atoms with Crippen molar-refractivity contribution in [3.05, 3.63) is 18.5 Å². The van der Waals surface area contributed by atoms with Crippen molar-refractivity contribution in [2.45, 2.75) is 96.8 Å². The maximum absolute atomic E-state index is 12.2. The molecule has 6 heteroatoms. The molecule has 0 radical (unpaired) electrons. The van der Waals surface area contributed by atoms with Crippen molar-refractivity contribution >= 4 is 11.6 Å². The van der Waals surface area contributed by atoms with Crippen LogP contribution in [0.5, 0.6) is 11.8 Å². The first-order valence-corrected chi connectivity index (χ1v) is 11.6. The summed E-state index contributed by atoms with van der Waals surface area (Å²) in [4.78, 5) is 20.2. The monoisotopic (exact) mass is 419 g/mol. The van der Waals surface area contributed by atoms with Gasteiger partial charge in [-0.25, -0.2) is 0 Å². The molecular weight excluding hydrogens is 378 g/mol. The summed E-state index contributed by atoms with van der Waals surface area (Å²) >= 11 is 0. The lowest BCUT2D eigenvalue weighted by Crippen LogP contribution is -2.14. The van der Waals surface area contributed by atoms with Crippen molar-refractivity contribution in [3.8, 4) is 11.8 Å². The van der Waals surface area contributed by atoms with Crippen molar-refractivity contribution in [1.82, 2.24) is 9.97 Å². The van der Waals surface area contributed by atoms with E-state index in [0.717, 1.165) is 12.8 Å². The number of methoxy groups -OCH3 is 2. The van der Waals surface area contributed by atoms with Gasteiger partial charge in [0.25, 0.3) is 0 Å². The van der Waals surface area contributed by atoms with Crippen molar-refractivity contribution in [2.24, 2.45) is 0 Å². The fourth-order valence-electron chi connectivity index (χ4n) is 3.33. The molecule has 1 rings (SSSR count). The van der Waals surface area contributed by atoms with E-state index in [4.69, 9.17) is 9.47 Å². The molecule has 0 atom stereocenters. The topological polar surface area (TPSA) is 73.3 Å². The summed E-state index contributed by atoms with van der Waals surface area (Å²) in [6, 6.07) is 0. The molecule has 0 bridgehead atoms. The Morgan fingerprint density at radius 3 is 1.87 bits per heavy atom. The van der Waals surface area contributed by atoms with Gasteiger partial charge in [-0.15, -0.1) is 0 Å². The summed E-state index contributed by atoms with van der Waals surface area (Å²) in [5.41, 5.74) is 0.389. The number of unbranched alkanes of at least 4 members (excludes halogenated alkanes) is 11. The van der Waals surface area contributed by atoms with E-state index in [1.54, 1.807) is 0 Å². The average Bonchev–Trinajstić information content (AvgIpc) is 2.76. The molecule has 170 valence electrons. The van der Waals surface area contributed by atoms with Gasteiger partial charge in [-0.2, -0.15) is 9.97 Å². The fourth-order valence-corrected chi connectivity index (χ4v) is 3.33. The van der Waals surface area contributed by atoms with Gasteiger partial charge in [0, 0.05) is 6.42 Å². The van der Waals surface area contributed by atoms with E-state index in [9.17, 15) is 4.79 Å². The summed E-state index contributed by atoms with van der Waals surface area (Å²) in [7, 11) is 3.00. The summed E-state index contributed by atoms with van der Waals surface area (Å²) in [5.74, 6) is 0.540. The van der Waals surface area contributed by atoms with Crippen molar-refractivity contribution < 1.29 is 14.3 Å². The first-order valence-electron chi connectivity index (χ1n) is 11.6. The Balaban J connectivity index is 2.03. The number of nitrogens with one attached hydrogen (secondary N) is 1. The Morgan fingerprint density at radius 1 is 0.833 bits per heavy atom. The molecule has 1 aromatic rings. The van der Waals surface area contributed by atoms with Gasteiger partial charge in [0.05, 0.1) is 14.2 Å². The van der Waals surface area contributed by atoms with Crippen LogP contribution < -0.4 is 14.8 Å². The number of allylic oxidation sites excluding steroid dienone is 2. The second-order valence-electron chi connectivity index (χ2n) is 7.65. The largest absolute Gasteiger partial charge is 0.479 e. The number of rotatable bonds is 18. The first-order chi connectivity index (χ1) is 14.7. The zero-order chi connectivity index (χ0) is 21.9. The lowest BCUT2D eigenvalue weighted by Gasteiger charge is -2.11. The number of hydrogen-bond acceptors (Lipinski definition) is 5. The highest BCUT2D eigenvalue weighted by Crippen LogP contribution is 2.29. The lowest BCUT2D eigenvalue weighted by molar-refractivity contribution is -0.116. The standard InChI is InChI=1S/C24H41N3O3/c1-4-5-6-7-8-9-10-11-12-13-14-15-16-17-18-19-21(28)27-22-23(29-2)25-20-26-24(22)30-3/h11-12,20H,4-10,13-19H2,1-3H3,(H,27,28)/b12-11+. The zero-order valence-electron chi connectivity index (χ0n) is 19.3. The molecule has 30 heavy (non-hydrogen) atoms. The summed E-state index contributed by atoms with van der Waals surface area (Å²) < 4.78 is 10.3. The molecule has 1 N–H and O–H groups in total. The van der Waals surface area contributed by atoms with Gasteiger partial charge in [-0.3, -0.25) is 4.79 Å². The van der Waals surface area contributed by atoms with Crippen LogP contribution in [0.1, 0.15) is 96.8 Å². The predicted octanol–water partition coefficient (Wildman–Crippen LogP) is 6.47. The number of carbonyl (C=O) groups is 1. The number of amides is 1. The SMILES string of the molecule is CCCCCCCC/C=C/CCCCCCCC(=O)Nc1c(OC)ncnc1OC. The van der Waals surface area contributed by atoms with Gasteiger partial charge < -0.3 is 14.8 Å². The number of anilines is 1. The Hall–Kier alpha value is -2.11. The van der Waals surface area contributed by atoms with Crippen molar-refractivity contribution in [2.75, 3.05) is 19.5 Å². The fraction of sp³-hybridized carbons (Fsp3) is 0.708. The highest BCUT2D eigenvalue weighted by atomic mass is 16.5. The minimum Gasteiger partial charge on any atom is -0.479 e. The van der Waals surface area contributed by atoms with Gasteiger partial charge in [0.1, 0.15) is 6.33 Å². The minimum absolute atomic E-state index is 0.0703. The van der Waals surface area contributed by atoms with E-state index in [0.29, 0.717) is 23.9 Å². The van der Waals surface area contributed by atoms with Gasteiger partial charge in [-0.05, 0) is 32.1 Å². The lowest BCUT2D eigenvalue weighted by atomic mass is 10.1. The van der Waals surface area contributed by atoms with E-state index in [2.05, 4.69) is 34.4 Å². The zero-order valence-corrected chi connectivity index (χ0v) is 19.3. The van der Waals surface area contributed by atoms with Crippen LogP contribution in [-0.4, -0.2) is 30.1 Å². The highest BCUT2D eigenvalue weighted by molar-refractivity contribution is 5.93. The van der Waals surface area contributed by atoms with Crippen molar-refractivity contribution in [3.63, 3.8) is 0 Å². The Bertz CT molecular complexity index is 583. The third-order valence-corrected chi connectivity index (χ3v) is 5.09. The Labute approximate surface area is 182 Å². The van der Waals surface area contributed by atoms with Gasteiger partial charge in [0.15, 0.2) is 5.69 Å². The first kappa shape index (κ1) is 25.9. The maximum Gasteiger partial charge on any atom is 0.244 e. The molecule has 0 aliphatic carbocycles. The van der Waals surface area contributed by atoms with Crippen LogP contribution in [0.4, 0.5) is 5.69 Å². The molecule has 0 aliphatic heterocycles. The third kappa shape index (κ3) is 11.8. The quantitative estimate of drug-likeness (QED) is 0.218. The smallest absolute Gasteiger partial charge is 0.244 e. The molecular formula is C24H41N3O3. The molecule has 0 saturated carbocycles. The predicted molar refractivity (Wildman–Crippen MR) is 123 cm³/mol. The second kappa shape index (κ2) is 17.7. The summed E-state index contributed by atoms with van der Waals surface area (Å²) in [5, 5.41) is 2.81. The molecule has 1 amide bonds. The second-order valence-corrected chi connectivity index (χ2v) is 7.65. The molecule has 0 unspecified atom stereocenters. The van der Waals surface area contributed by atoms with Crippen LogP contribution in [0.2, 0.25) is 0 Å². The van der Waals surface area contributed by atoms with Crippen LogP contribution >= 0.6 is 0 Å². The number of ether oxygens (including phenoxy) is 2. The van der Waals surface area contributed by atoms with Gasteiger partial charge >= 0.3 is 0 Å². The normalized spacial score (nSPS) is 11.0. The number of hydrogen-bond donors (Lipinski definition) is 1. The maximum atomic E-state index is 12.2. The highest BCUT2D eigenvalue weighted by Gasteiger charge is 2.15. The molecule has 0 aromatic carbocycles. The van der Waals surface area contributed by atoms with Crippen LogP contribution in [0.3, 0.4) is 0 Å². The van der Waals surface area contributed by atoms with Crippen molar-refractivity contribution in [1.29, 1.82) is 0 Å². The van der Waals surface area contributed by atoms with Crippen LogP contribution in [0.15, 0.2) is 18.5 Å². The van der Waals surface area contributed by atoms with Gasteiger partial charge in [0.2, 0.25) is 17.7 Å². The summed E-state index contributed by atoms with van der Waals surface area (Å²) in [6.45, 7) is 2.26. The van der Waals surface area contributed by atoms with Gasteiger partial charge in [-0.1, -0.05) is 70.4 Å². The molecule has 1 heterocycles. The minimum atomic E-state index is -0.0703. The van der Waals surface area contributed by atoms with E-state index < -0.39 is 0 Å². The van der Waals surface area contributed by atoms with E-state index >= 15 is 0 Å². The molecule has 0 aliphatic rings. The third-order valence-electron chi connectivity index (χ3n) is 5.09. The number of nitrogens with zero attached hydrogens (tertiary/aromatic N) is 2. The molecule has 0 spiro atoms.